The molecule has 19 heavy (non-hydrogen) atoms. The summed E-state index contributed by atoms with van der Waals surface area (Å²) in [5, 5.41) is 3.61. The van der Waals surface area contributed by atoms with Crippen LogP contribution in [0.2, 0.25) is 0 Å². The van der Waals surface area contributed by atoms with Gasteiger partial charge in [0.05, 0.1) is 0 Å². The first-order chi connectivity index (χ1) is 8.97. The standard InChI is InChI=1S/C17H30N2/c1-6-14-11-12-15(19-13-14)9-8-10-16(18-7-2)17(3,4)5/h11-13,16,18H,6-10H2,1-5H3. The lowest BCUT2D eigenvalue weighted by molar-refractivity contribution is 0.254. The van der Waals surface area contributed by atoms with Crippen molar-refractivity contribution < 1.29 is 0 Å². The topological polar surface area (TPSA) is 24.9 Å². The molecule has 1 atom stereocenters. The van der Waals surface area contributed by atoms with E-state index in [0.717, 1.165) is 19.4 Å². The summed E-state index contributed by atoms with van der Waals surface area (Å²) in [6.45, 7) is 12.3. The summed E-state index contributed by atoms with van der Waals surface area (Å²) in [4.78, 5) is 4.53. The third kappa shape index (κ3) is 5.73. The number of nitrogens with one attached hydrogen (secondary N) is 1. The Balaban J connectivity index is 2.42. The fourth-order valence-corrected chi connectivity index (χ4v) is 2.39. The SMILES string of the molecule is CCNC(CCCc1ccc(CC)cn1)C(C)(C)C. The van der Waals surface area contributed by atoms with E-state index in [1.54, 1.807) is 0 Å². The molecular weight excluding hydrogens is 232 g/mol. The molecule has 0 radical (unpaired) electrons. The summed E-state index contributed by atoms with van der Waals surface area (Å²) < 4.78 is 0. The van der Waals surface area contributed by atoms with Gasteiger partial charge in [0.2, 0.25) is 0 Å². The molecule has 2 heteroatoms. The van der Waals surface area contributed by atoms with Crippen molar-refractivity contribution in [3.05, 3.63) is 29.6 Å². The van der Waals surface area contributed by atoms with E-state index in [9.17, 15) is 0 Å². The van der Waals surface area contributed by atoms with Crippen LogP contribution in [0.25, 0.3) is 0 Å². The summed E-state index contributed by atoms with van der Waals surface area (Å²) in [5.41, 5.74) is 2.88. The van der Waals surface area contributed by atoms with Gasteiger partial charge < -0.3 is 5.32 Å². The van der Waals surface area contributed by atoms with Crippen LogP contribution in [0.4, 0.5) is 0 Å². The van der Waals surface area contributed by atoms with E-state index in [1.165, 1.54) is 24.1 Å². The lowest BCUT2D eigenvalue weighted by atomic mass is 9.83. The average Bonchev–Trinajstić information content (AvgIpc) is 2.37. The molecule has 0 aliphatic carbocycles. The minimum Gasteiger partial charge on any atom is -0.314 e. The Bertz CT molecular complexity index is 349. The van der Waals surface area contributed by atoms with E-state index in [0.29, 0.717) is 11.5 Å². The molecule has 2 nitrogen and oxygen atoms in total. The highest BCUT2D eigenvalue weighted by molar-refractivity contribution is 5.13. The summed E-state index contributed by atoms with van der Waals surface area (Å²) in [6.07, 6.45) is 6.59. The molecule has 0 aromatic carbocycles. The quantitative estimate of drug-likeness (QED) is 0.803. The van der Waals surface area contributed by atoms with Gasteiger partial charge >= 0.3 is 0 Å². The van der Waals surface area contributed by atoms with E-state index in [1.807, 2.05) is 6.20 Å². The first kappa shape index (κ1) is 16.2. The van der Waals surface area contributed by atoms with Crippen LogP contribution in [0.15, 0.2) is 18.3 Å². The second kappa shape index (κ2) is 7.64. The molecule has 0 aliphatic rings. The molecule has 0 bridgehead atoms. The highest BCUT2D eigenvalue weighted by atomic mass is 14.9. The van der Waals surface area contributed by atoms with Gasteiger partial charge in [0, 0.05) is 17.9 Å². The Morgan fingerprint density at radius 1 is 1.21 bits per heavy atom. The monoisotopic (exact) mass is 262 g/mol. The number of aromatic nitrogens is 1. The van der Waals surface area contributed by atoms with E-state index >= 15 is 0 Å². The molecule has 1 rings (SSSR count). The van der Waals surface area contributed by atoms with E-state index in [2.05, 4.69) is 57.1 Å². The maximum absolute atomic E-state index is 4.53. The van der Waals surface area contributed by atoms with Crippen molar-refractivity contribution in [1.82, 2.24) is 10.3 Å². The zero-order valence-corrected chi connectivity index (χ0v) is 13.3. The number of rotatable bonds is 7. The molecule has 1 unspecified atom stereocenters. The Morgan fingerprint density at radius 3 is 2.42 bits per heavy atom. The molecule has 0 fully saturated rings. The zero-order chi connectivity index (χ0) is 14.3. The third-order valence-corrected chi connectivity index (χ3v) is 3.72. The van der Waals surface area contributed by atoms with Crippen LogP contribution < -0.4 is 5.32 Å². The summed E-state index contributed by atoms with van der Waals surface area (Å²) in [5.74, 6) is 0. The molecule has 0 saturated heterocycles. The van der Waals surface area contributed by atoms with Gasteiger partial charge in [-0.2, -0.15) is 0 Å². The molecule has 1 N–H and O–H groups in total. The van der Waals surface area contributed by atoms with Crippen LogP contribution in [0, 0.1) is 5.41 Å². The lowest BCUT2D eigenvalue weighted by Gasteiger charge is -2.31. The van der Waals surface area contributed by atoms with Gasteiger partial charge in [-0.15, -0.1) is 0 Å². The van der Waals surface area contributed by atoms with Crippen LogP contribution in [-0.2, 0) is 12.8 Å². The van der Waals surface area contributed by atoms with Crippen molar-refractivity contribution in [2.24, 2.45) is 5.41 Å². The number of hydrogen-bond donors (Lipinski definition) is 1. The van der Waals surface area contributed by atoms with Crippen LogP contribution in [-0.4, -0.2) is 17.6 Å². The highest BCUT2D eigenvalue weighted by Crippen LogP contribution is 2.23. The van der Waals surface area contributed by atoms with Gasteiger partial charge in [-0.3, -0.25) is 4.98 Å². The first-order valence-electron chi connectivity index (χ1n) is 7.64. The third-order valence-electron chi connectivity index (χ3n) is 3.72. The van der Waals surface area contributed by atoms with Gasteiger partial charge in [0.25, 0.3) is 0 Å². The maximum Gasteiger partial charge on any atom is 0.0403 e. The Hall–Kier alpha value is -0.890. The van der Waals surface area contributed by atoms with Crippen LogP contribution >= 0.6 is 0 Å². The van der Waals surface area contributed by atoms with Crippen molar-refractivity contribution in [1.29, 1.82) is 0 Å². The summed E-state index contributed by atoms with van der Waals surface area (Å²) in [7, 11) is 0. The molecule has 0 spiro atoms. The predicted molar refractivity (Wildman–Crippen MR) is 83.5 cm³/mol. The van der Waals surface area contributed by atoms with Gasteiger partial charge in [0.15, 0.2) is 0 Å². The van der Waals surface area contributed by atoms with Crippen molar-refractivity contribution in [2.75, 3.05) is 6.54 Å². The molecule has 0 amide bonds. The van der Waals surface area contributed by atoms with Gasteiger partial charge in [-0.25, -0.2) is 0 Å². The van der Waals surface area contributed by atoms with E-state index in [-0.39, 0.29) is 0 Å². The fraction of sp³-hybridized carbons (Fsp3) is 0.706. The first-order valence-corrected chi connectivity index (χ1v) is 7.64. The molecule has 1 heterocycles. The molecular formula is C17H30N2. The van der Waals surface area contributed by atoms with Crippen LogP contribution in [0.5, 0.6) is 0 Å². The van der Waals surface area contributed by atoms with Crippen molar-refractivity contribution >= 4 is 0 Å². The fourth-order valence-electron chi connectivity index (χ4n) is 2.39. The Labute approximate surface area is 119 Å². The number of aryl methyl sites for hydroxylation is 2. The van der Waals surface area contributed by atoms with Gasteiger partial charge in [0.1, 0.15) is 0 Å². The minimum atomic E-state index is 0.329. The van der Waals surface area contributed by atoms with Crippen molar-refractivity contribution in [3.8, 4) is 0 Å². The lowest BCUT2D eigenvalue weighted by Crippen LogP contribution is -2.40. The Morgan fingerprint density at radius 2 is 1.95 bits per heavy atom. The van der Waals surface area contributed by atoms with Gasteiger partial charge in [-0.1, -0.05) is 40.7 Å². The second-order valence-corrected chi connectivity index (χ2v) is 6.38. The number of nitrogens with zero attached hydrogens (tertiary/aromatic N) is 1. The number of pyridine rings is 1. The Kier molecular flexibility index (Phi) is 6.50. The normalized spacial score (nSPS) is 13.5. The van der Waals surface area contributed by atoms with E-state index < -0.39 is 0 Å². The summed E-state index contributed by atoms with van der Waals surface area (Å²) in [6, 6.07) is 4.97. The largest absolute Gasteiger partial charge is 0.314 e. The second-order valence-electron chi connectivity index (χ2n) is 6.38. The van der Waals surface area contributed by atoms with Crippen LogP contribution in [0.1, 0.15) is 58.7 Å². The summed E-state index contributed by atoms with van der Waals surface area (Å²) >= 11 is 0. The molecule has 1 aromatic rings. The van der Waals surface area contributed by atoms with Gasteiger partial charge in [-0.05, 0) is 49.3 Å². The maximum atomic E-state index is 4.53. The molecule has 0 saturated carbocycles. The minimum absolute atomic E-state index is 0.329. The zero-order valence-electron chi connectivity index (χ0n) is 13.3. The number of hydrogen-bond acceptors (Lipinski definition) is 2. The van der Waals surface area contributed by atoms with Crippen molar-refractivity contribution in [2.45, 2.75) is 66.3 Å². The smallest absolute Gasteiger partial charge is 0.0403 e. The highest BCUT2D eigenvalue weighted by Gasteiger charge is 2.22. The predicted octanol–water partition coefficient (Wildman–Crippen LogP) is 3.99. The molecule has 0 aliphatic heterocycles. The average molecular weight is 262 g/mol. The molecule has 108 valence electrons. The molecule has 1 aromatic heterocycles. The van der Waals surface area contributed by atoms with E-state index in [4.69, 9.17) is 0 Å². The van der Waals surface area contributed by atoms with Crippen molar-refractivity contribution in [3.63, 3.8) is 0 Å². The van der Waals surface area contributed by atoms with Crippen LogP contribution in [0.3, 0.4) is 0 Å².